The number of nitrogens with zero attached hydrogens (tertiary/aromatic N) is 2. The van der Waals surface area contributed by atoms with Gasteiger partial charge < -0.3 is 10.6 Å². The summed E-state index contributed by atoms with van der Waals surface area (Å²) in [7, 11) is 0. The van der Waals surface area contributed by atoms with Gasteiger partial charge in [-0.25, -0.2) is 4.68 Å². The lowest BCUT2D eigenvalue weighted by Gasteiger charge is -2.21. The second kappa shape index (κ2) is 8.23. The minimum absolute atomic E-state index is 0. The SMILES string of the molecule is Cc1ccc(-n2nc(C(C)(C)C)cc2NC(=O)C2CCNCC2)cc1.Cl. The Morgan fingerprint density at radius 3 is 2.38 bits per heavy atom. The Kier molecular flexibility index (Phi) is 6.48. The molecule has 2 heterocycles. The number of aromatic nitrogens is 2. The fraction of sp³-hybridized carbons (Fsp3) is 0.500. The summed E-state index contributed by atoms with van der Waals surface area (Å²) in [4.78, 5) is 12.7. The molecule has 5 nitrogen and oxygen atoms in total. The highest BCUT2D eigenvalue weighted by atomic mass is 35.5. The van der Waals surface area contributed by atoms with Crippen molar-refractivity contribution in [2.24, 2.45) is 5.92 Å². The van der Waals surface area contributed by atoms with Gasteiger partial charge in [0.15, 0.2) is 0 Å². The van der Waals surface area contributed by atoms with E-state index in [1.54, 1.807) is 0 Å². The molecule has 2 aromatic rings. The average Bonchev–Trinajstić information content (AvgIpc) is 3.00. The number of aryl methyl sites for hydroxylation is 1. The zero-order valence-electron chi connectivity index (χ0n) is 16.0. The molecule has 1 aliphatic heterocycles. The third kappa shape index (κ3) is 4.65. The van der Waals surface area contributed by atoms with Crippen LogP contribution >= 0.6 is 12.4 Å². The molecule has 1 fully saturated rings. The highest BCUT2D eigenvalue weighted by Crippen LogP contribution is 2.27. The molecule has 0 atom stereocenters. The van der Waals surface area contributed by atoms with Crippen LogP contribution in [-0.4, -0.2) is 28.8 Å². The third-order valence-corrected chi connectivity index (χ3v) is 4.72. The molecule has 142 valence electrons. The van der Waals surface area contributed by atoms with Gasteiger partial charge in [-0.15, -0.1) is 12.4 Å². The van der Waals surface area contributed by atoms with Gasteiger partial charge >= 0.3 is 0 Å². The van der Waals surface area contributed by atoms with E-state index in [-0.39, 0.29) is 29.6 Å². The van der Waals surface area contributed by atoms with Crippen LogP contribution < -0.4 is 10.6 Å². The molecule has 1 aliphatic rings. The zero-order chi connectivity index (χ0) is 18.0. The molecular weight excluding hydrogens is 348 g/mol. The predicted octanol–water partition coefficient (Wildman–Crippen LogP) is 3.84. The topological polar surface area (TPSA) is 59.0 Å². The second-order valence-corrected chi connectivity index (χ2v) is 7.93. The lowest BCUT2D eigenvalue weighted by Crippen LogP contribution is -2.35. The van der Waals surface area contributed by atoms with E-state index in [9.17, 15) is 4.79 Å². The molecule has 0 radical (unpaired) electrons. The summed E-state index contributed by atoms with van der Waals surface area (Å²) in [6, 6.07) is 10.2. The fourth-order valence-electron chi connectivity index (χ4n) is 3.03. The summed E-state index contributed by atoms with van der Waals surface area (Å²) in [6.45, 7) is 10.3. The number of rotatable bonds is 3. The molecular formula is C20H29ClN4O. The Morgan fingerprint density at radius 1 is 1.19 bits per heavy atom. The van der Waals surface area contributed by atoms with Crippen LogP contribution in [0.1, 0.15) is 44.9 Å². The first kappa shape index (κ1) is 20.5. The van der Waals surface area contributed by atoms with Crippen LogP contribution in [-0.2, 0) is 10.2 Å². The molecule has 0 bridgehead atoms. The zero-order valence-corrected chi connectivity index (χ0v) is 16.8. The lowest BCUT2D eigenvalue weighted by atomic mass is 9.92. The van der Waals surface area contributed by atoms with Gasteiger partial charge in [0.1, 0.15) is 5.82 Å². The van der Waals surface area contributed by atoms with Crippen molar-refractivity contribution in [3.8, 4) is 5.69 Å². The molecule has 0 spiro atoms. The Bertz CT molecular complexity index is 740. The molecule has 6 heteroatoms. The van der Waals surface area contributed by atoms with Crippen molar-refractivity contribution in [1.82, 2.24) is 15.1 Å². The molecule has 1 amide bonds. The number of carbonyl (C=O) groups is 1. The molecule has 1 saturated heterocycles. The van der Waals surface area contributed by atoms with E-state index in [4.69, 9.17) is 5.10 Å². The first-order chi connectivity index (χ1) is 11.8. The Hall–Kier alpha value is -1.85. The lowest BCUT2D eigenvalue weighted by molar-refractivity contribution is -0.120. The van der Waals surface area contributed by atoms with Gasteiger partial charge in [-0.05, 0) is 45.0 Å². The maximum atomic E-state index is 12.7. The van der Waals surface area contributed by atoms with Crippen LogP contribution in [0.25, 0.3) is 5.69 Å². The van der Waals surface area contributed by atoms with Crippen molar-refractivity contribution in [3.63, 3.8) is 0 Å². The average molecular weight is 377 g/mol. The van der Waals surface area contributed by atoms with E-state index in [2.05, 4.69) is 50.5 Å². The number of amides is 1. The minimum Gasteiger partial charge on any atom is -0.317 e. The van der Waals surface area contributed by atoms with Gasteiger partial charge in [0.05, 0.1) is 11.4 Å². The Labute approximate surface area is 162 Å². The van der Waals surface area contributed by atoms with Crippen LogP contribution in [0.5, 0.6) is 0 Å². The Morgan fingerprint density at radius 2 is 1.81 bits per heavy atom. The highest BCUT2D eigenvalue weighted by Gasteiger charge is 2.25. The standard InChI is InChI=1S/C20H28N4O.ClH/c1-14-5-7-16(8-6-14)24-18(13-17(23-24)20(2,3)4)22-19(25)15-9-11-21-12-10-15;/h5-8,13,15,21H,9-12H2,1-4H3,(H,22,25);1H. The molecule has 26 heavy (non-hydrogen) atoms. The van der Waals surface area contributed by atoms with Crippen molar-refractivity contribution in [2.75, 3.05) is 18.4 Å². The van der Waals surface area contributed by atoms with E-state index in [1.807, 2.05) is 22.9 Å². The molecule has 1 aromatic carbocycles. The minimum atomic E-state index is -0.0792. The molecule has 1 aromatic heterocycles. The van der Waals surface area contributed by atoms with Gasteiger partial charge in [0.25, 0.3) is 0 Å². The van der Waals surface area contributed by atoms with Crippen molar-refractivity contribution < 1.29 is 4.79 Å². The quantitative estimate of drug-likeness (QED) is 0.855. The van der Waals surface area contributed by atoms with Crippen molar-refractivity contribution in [1.29, 1.82) is 0 Å². The molecule has 0 aliphatic carbocycles. The van der Waals surface area contributed by atoms with Gasteiger partial charge in [0.2, 0.25) is 5.91 Å². The fourth-order valence-corrected chi connectivity index (χ4v) is 3.03. The maximum absolute atomic E-state index is 12.7. The Balaban J connectivity index is 0.00000243. The van der Waals surface area contributed by atoms with E-state index < -0.39 is 0 Å². The normalized spacial score (nSPS) is 15.4. The summed E-state index contributed by atoms with van der Waals surface area (Å²) >= 11 is 0. The first-order valence-corrected chi connectivity index (χ1v) is 9.04. The number of halogens is 1. The number of hydrogen-bond donors (Lipinski definition) is 2. The number of hydrogen-bond acceptors (Lipinski definition) is 3. The van der Waals surface area contributed by atoms with Gasteiger partial charge in [0, 0.05) is 17.4 Å². The number of piperidine rings is 1. The number of benzene rings is 1. The van der Waals surface area contributed by atoms with Gasteiger partial charge in [-0.3, -0.25) is 4.79 Å². The van der Waals surface area contributed by atoms with E-state index in [0.717, 1.165) is 43.1 Å². The molecule has 3 rings (SSSR count). The monoisotopic (exact) mass is 376 g/mol. The summed E-state index contributed by atoms with van der Waals surface area (Å²) in [5, 5.41) is 11.2. The van der Waals surface area contributed by atoms with E-state index in [1.165, 1.54) is 5.56 Å². The van der Waals surface area contributed by atoms with Crippen LogP contribution in [0.3, 0.4) is 0 Å². The second-order valence-electron chi connectivity index (χ2n) is 7.93. The van der Waals surface area contributed by atoms with E-state index >= 15 is 0 Å². The third-order valence-electron chi connectivity index (χ3n) is 4.72. The first-order valence-electron chi connectivity index (χ1n) is 9.04. The van der Waals surface area contributed by atoms with Crippen LogP contribution in [0, 0.1) is 12.8 Å². The smallest absolute Gasteiger partial charge is 0.228 e. The molecule has 0 saturated carbocycles. The van der Waals surface area contributed by atoms with Crippen LogP contribution in [0.4, 0.5) is 5.82 Å². The van der Waals surface area contributed by atoms with Crippen molar-refractivity contribution in [3.05, 3.63) is 41.6 Å². The van der Waals surface area contributed by atoms with E-state index in [0.29, 0.717) is 0 Å². The molecule has 0 unspecified atom stereocenters. The number of anilines is 1. The summed E-state index contributed by atoms with van der Waals surface area (Å²) < 4.78 is 1.85. The van der Waals surface area contributed by atoms with Gasteiger partial charge in [-0.1, -0.05) is 38.5 Å². The number of carbonyl (C=O) groups excluding carboxylic acids is 1. The molecule has 2 N–H and O–H groups in total. The van der Waals surface area contributed by atoms with Crippen molar-refractivity contribution in [2.45, 2.75) is 46.0 Å². The summed E-state index contributed by atoms with van der Waals surface area (Å²) in [5.74, 6) is 0.910. The highest BCUT2D eigenvalue weighted by molar-refractivity contribution is 5.92. The maximum Gasteiger partial charge on any atom is 0.228 e. The largest absolute Gasteiger partial charge is 0.317 e. The number of nitrogens with one attached hydrogen (secondary N) is 2. The summed E-state index contributed by atoms with van der Waals surface area (Å²) in [6.07, 6.45) is 1.77. The predicted molar refractivity (Wildman–Crippen MR) is 108 cm³/mol. The summed E-state index contributed by atoms with van der Waals surface area (Å²) in [5.41, 5.74) is 3.05. The van der Waals surface area contributed by atoms with Crippen molar-refractivity contribution >= 4 is 24.1 Å². The van der Waals surface area contributed by atoms with Crippen LogP contribution in [0.15, 0.2) is 30.3 Å². The van der Waals surface area contributed by atoms with Crippen LogP contribution in [0.2, 0.25) is 0 Å². The van der Waals surface area contributed by atoms with Gasteiger partial charge in [-0.2, -0.15) is 5.10 Å².